The molecule has 0 radical (unpaired) electrons. The molecule has 0 aliphatic heterocycles. The number of aryl methyl sites for hydroxylation is 1. The number of hydrogen-bond acceptors (Lipinski definition) is 2. The number of hydrazine groups is 1. The number of nitrogens with one attached hydrogen (secondary N) is 2. The summed E-state index contributed by atoms with van der Waals surface area (Å²) in [4.78, 5) is 2.16. The van der Waals surface area contributed by atoms with Gasteiger partial charge in [0.2, 0.25) is 11.3 Å². The fourth-order valence-corrected chi connectivity index (χ4v) is 0.945. The van der Waals surface area contributed by atoms with Gasteiger partial charge in [-0.3, -0.25) is 4.55 Å². The molecule has 4 nitrogen and oxygen atoms in total. The largest absolute Gasteiger partial charge is 0.308 e. The van der Waals surface area contributed by atoms with Crippen LogP contribution < -0.4 is 10.3 Å². The molecule has 1 unspecified atom stereocenters. The van der Waals surface area contributed by atoms with E-state index < -0.39 is 11.3 Å². The van der Waals surface area contributed by atoms with E-state index in [1.165, 1.54) is 0 Å². The van der Waals surface area contributed by atoms with E-state index in [0.717, 1.165) is 11.3 Å². The van der Waals surface area contributed by atoms with Crippen molar-refractivity contribution < 1.29 is 8.76 Å². The zero-order valence-electron chi connectivity index (χ0n) is 6.57. The molecule has 12 heavy (non-hydrogen) atoms. The van der Waals surface area contributed by atoms with E-state index in [-0.39, 0.29) is 0 Å². The van der Waals surface area contributed by atoms with Crippen LogP contribution >= 0.6 is 0 Å². The van der Waals surface area contributed by atoms with Gasteiger partial charge in [0.25, 0.3) is 0 Å². The molecule has 1 atom stereocenters. The zero-order valence-corrected chi connectivity index (χ0v) is 7.39. The summed E-state index contributed by atoms with van der Waals surface area (Å²) in [5.41, 5.74) is 4.47. The van der Waals surface area contributed by atoms with Crippen LogP contribution in [0.15, 0.2) is 24.3 Å². The van der Waals surface area contributed by atoms with Crippen molar-refractivity contribution in [2.24, 2.45) is 0 Å². The fraction of sp³-hybridized carbons (Fsp3) is 0.143. The van der Waals surface area contributed by atoms with Crippen molar-refractivity contribution in [2.45, 2.75) is 6.92 Å². The molecule has 1 aromatic rings. The molecule has 0 aromatic heterocycles. The van der Waals surface area contributed by atoms with Crippen LogP contribution in [-0.2, 0) is 11.3 Å². The summed E-state index contributed by atoms with van der Waals surface area (Å²) in [6.45, 7) is 1.97. The molecule has 0 aliphatic rings. The first-order valence-corrected chi connectivity index (χ1v) is 4.48. The molecule has 0 bridgehead atoms. The van der Waals surface area contributed by atoms with Crippen molar-refractivity contribution in [1.82, 2.24) is 4.83 Å². The van der Waals surface area contributed by atoms with Crippen LogP contribution in [0.5, 0.6) is 0 Å². The Morgan fingerprint density at radius 2 is 1.92 bits per heavy atom. The van der Waals surface area contributed by atoms with E-state index in [1.54, 1.807) is 0 Å². The number of rotatable bonds is 3. The van der Waals surface area contributed by atoms with Gasteiger partial charge in [0.05, 0.1) is 0 Å². The Bertz CT molecular complexity index is 273. The minimum atomic E-state index is -2.03. The van der Waals surface area contributed by atoms with E-state index in [2.05, 4.69) is 10.3 Å². The third kappa shape index (κ3) is 3.00. The monoisotopic (exact) mass is 186 g/mol. The standard InChI is InChI=1S/C7H10N2O2S/c1-6-2-4-7(5-3-6)8-9-12(10)11/h2-5,8-9H,1H3,(H,10,11). The van der Waals surface area contributed by atoms with Crippen molar-refractivity contribution in [3.63, 3.8) is 0 Å². The lowest BCUT2D eigenvalue weighted by molar-refractivity contribution is 0.555. The first-order chi connectivity index (χ1) is 5.68. The Labute approximate surface area is 73.4 Å². The third-order valence-electron chi connectivity index (χ3n) is 1.33. The van der Waals surface area contributed by atoms with Crippen LogP contribution in [-0.4, -0.2) is 8.76 Å². The molecule has 0 saturated heterocycles. The molecule has 5 heteroatoms. The predicted molar refractivity (Wildman–Crippen MR) is 48.7 cm³/mol. The van der Waals surface area contributed by atoms with Gasteiger partial charge in [0.15, 0.2) is 0 Å². The highest BCUT2D eigenvalue weighted by Crippen LogP contribution is 2.06. The summed E-state index contributed by atoms with van der Waals surface area (Å²) in [6.07, 6.45) is 0. The van der Waals surface area contributed by atoms with Gasteiger partial charge >= 0.3 is 0 Å². The summed E-state index contributed by atoms with van der Waals surface area (Å²) in [6, 6.07) is 7.44. The summed E-state index contributed by atoms with van der Waals surface area (Å²) in [5.74, 6) is 0. The first kappa shape index (κ1) is 9.18. The molecule has 0 saturated carbocycles. The number of benzene rings is 1. The minimum Gasteiger partial charge on any atom is -0.308 e. The second kappa shape index (κ2) is 4.20. The zero-order chi connectivity index (χ0) is 8.97. The minimum absolute atomic E-state index is 0.753. The summed E-state index contributed by atoms with van der Waals surface area (Å²) < 4.78 is 18.5. The summed E-state index contributed by atoms with van der Waals surface area (Å²) in [7, 11) is 0. The van der Waals surface area contributed by atoms with E-state index >= 15 is 0 Å². The lowest BCUT2D eigenvalue weighted by Gasteiger charge is -2.03. The summed E-state index contributed by atoms with van der Waals surface area (Å²) >= 11 is -2.03. The third-order valence-corrected chi connectivity index (χ3v) is 1.61. The van der Waals surface area contributed by atoms with Crippen molar-refractivity contribution in [3.8, 4) is 0 Å². The maximum atomic E-state index is 10.2. The maximum absolute atomic E-state index is 10.2. The van der Waals surface area contributed by atoms with Gasteiger partial charge < -0.3 is 5.43 Å². The SMILES string of the molecule is Cc1ccc(NNS(=O)O)cc1. The van der Waals surface area contributed by atoms with Crippen molar-refractivity contribution in [2.75, 3.05) is 5.43 Å². The molecule has 0 amide bonds. The van der Waals surface area contributed by atoms with Crippen LogP contribution in [0, 0.1) is 6.92 Å². The molecule has 3 N–H and O–H groups in total. The van der Waals surface area contributed by atoms with Crippen LogP contribution in [0.2, 0.25) is 0 Å². The van der Waals surface area contributed by atoms with Crippen LogP contribution in [0.3, 0.4) is 0 Å². The molecular formula is C7H10N2O2S. The molecule has 0 heterocycles. The lowest BCUT2D eigenvalue weighted by Crippen LogP contribution is -2.23. The molecular weight excluding hydrogens is 176 g/mol. The highest BCUT2D eigenvalue weighted by atomic mass is 32.2. The Morgan fingerprint density at radius 3 is 2.42 bits per heavy atom. The first-order valence-electron chi connectivity index (χ1n) is 3.37. The Hall–Kier alpha value is -0.910. The highest BCUT2D eigenvalue weighted by molar-refractivity contribution is 7.77. The Morgan fingerprint density at radius 1 is 1.33 bits per heavy atom. The van der Waals surface area contributed by atoms with Gasteiger partial charge in [-0.15, -0.1) is 4.83 Å². The molecule has 0 aliphatic carbocycles. The van der Waals surface area contributed by atoms with Gasteiger partial charge in [-0.05, 0) is 19.1 Å². The Kier molecular flexibility index (Phi) is 3.21. The quantitative estimate of drug-likeness (QED) is 0.488. The molecule has 0 spiro atoms. The highest BCUT2D eigenvalue weighted by Gasteiger charge is 1.91. The average molecular weight is 186 g/mol. The van der Waals surface area contributed by atoms with E-state index in [9.17, 15) is 4.21 Å². The number of anilines is 1. The Balaban J connectivity index is 2.53. The van der Waals surface area contributed by atoms with Crippen molar-refractivity contribution >= 4 is 17.0 Å². The lowest BCUT2D eigenvalue weighted by atomic mass is 10.2. The van der Waals surface area contributed by atoms with Crippen LogP contribution in [0.25, 0.3) is 0 Å². The molecule has 1 rings (SSSR count). The van der Waals surface area contributed by atoms with Crippen molar-refractivity contribution in [1.29, 1.82) is 0 Å². The van der Waals surface area contributed by atoms with Gasteiger partial charge in [0, 0.05) is 5.69 Å². The molecule has 1 aromatic carbocycles. The second-order valence-corrected chi connectivity index (χ2v) is 3.04. The van der Waals surface area contributed by atoms with E-state index in [4.69, 9.17) is 4.55 Å². The van der Waals surface area contributed by atoms with Gasteiger partial charge in [-0.2, -0.15) is 0 Å². The maximum Gasteiger partial charge on any atom is 0.250 e. The molecule has 66 valence electrons. The van der Waals surface area contributed by atoms with Gasteiger partial charge in [-0.25, -0.2) is 4.21 Å². The summed E-state index contributed by atoms with van der Waals surface area (Å²) in [5, 5.41) is 0. The van der Waals surface area contributed by atoms with E-state index in [1.807, 2.05) is 31.2 Å². The molecule has 0 fully saturated rings. The number of hydrogen-bond donors (Lipinski definition) is 3. The van der Waals surface area contributed by atoms with Gasteiger partial charge in [-0.1, -0.05) is 17.7 Å². The van der Waals surface area contributed by atoms with Crippen LogP contribution in [0.1, 0.15) is 5.56 Å². The van der Waals surface area contributed by atoms with E-state index in [0.29, 0.717) is 0 Å². The van der Waals surface area contributed by atoms with Gasteiger partial charge in [0.1, 0.15) is 0 Å². The second-order valence-electron chi connectivity index (χ2n) is 2.34. The average Bonchev–Trinajstić information content (AvgIpc) is 2.03. The predicted octanol–water partition coefficient (Wildman–Crippen LogP) is 1.05. The smallest absolute Gasteiger partial charge is 0.250 e. The normalized spacial score (nSPS) is 12.5. The van der Waals surface area contributed by atoms with Crippen LogP contribution in [0.4, 0.5) is 5.69 Å². The topological polar surface area (TPSA) is 61.4 Å². The fourth-order valence-electron chi connectivity index (χ4n) is 0.739. The van der Waals surface area contributed by atoms with Crippen molar-refractivity contribution in [3.05, 3.63) is 29.8 Å².